The molecule has 7 nitrogen and oxygen atoms in total. The molecule has 0 aliphatic carbocycles. The quantitative estimate of drug-likeness (QED) is 0.516. The first-order chi connectivity index (χ1) is 14.1. The number of carbonyl (C=O) groups excluding carboxylic acids is 4. The zero-order valence-electron chi connectivity index (χ0n) is 16.3. The SMILES string of the molecule is Cl.O=C1c2ccccc2C(=O)N1CCCNCCCN1C(=O)c2ccccc2C1=O. The van der Waals surface area contributed by atoms with Gasteiger partial charge in [0.25, 0.3) is 23.6 Å². The van der Waals surface area contributed by atoms with Crippen LogP contribution in [0.5, 0.6) is 0 Å². The molecular formula is C22H22ClN3O4. The molecule has 0 saturated heterocycles. The van der Waals surface area contributed by atoms with E-state index in [-0.39, 0.29) is 36.0 Å². The summed E-state index contributed by atoms with van der Waals surface area (Å²) in [5, 5.41) is 3.24. The zero-order chi connectivity index (χ0) is 20.4. The fourth-order valence-corrected chi connectivity index (χ4v) is 3.73. The van der Waals surface area contributed by atoms with E-state index in [9.17, 15) is 19.2 Å². The lowest BCUT2D eigenvalue weighted by atomic mass is 10.1. The van der Waals surface area contributed by atoms with Crippen LogP contribution in [-0.2, 0) is 0 Å². The number of imide groups is 2. The van der Waals surface area contributed by atoms with Gasteiger partial charge in [0, 0.05) is 13.1 Å². The first-order valence-corrected chi connectivity index (χ1v) is 9.71. The fourth-order valence-electron chi connectivity index (χ4n) is 3.73. The van der Waals surface area contributed by atoms with Crippen LogP contribution in [0, 0.1) is 0 Å². The molecule has 0 spiro atoms. The second-order valence-electron chi connectivity index (χ2n) is 7.07. The van der Waals surface area contributed by atoms with Crippen LogP contribution in [0.15, 0.2) is 48.5 Å². The third-order valence-electron chi connectivity index (χ3n) is 5.23. The van der Waals surface area contributed by atoms with Crippen molar-refractivity contribution in [2.75, 3.05) is 26.2 Å². The Morgan fingerprint density at radius 3 is 1.17 bits per heavy atom. The predicted octanol–water partition coefficient (Wildman–Crippen LogP) is 2.37. The minimum atomic E-state index is -0.240. The Morgan fingerprint density at radius 1 is 0.567 bits per heavy atom. The van der Waals surface area contributed by atoms with Crippen molar-refractivity contribution in [1.82, 2.24) is 15.1 Å². The molecule has 4 rings (SSSR count). The number of nitrogens with one attached hydrogen (secondary N) is 1. The molecule has 2 aromatic rings. The Morgan fingerprint density at radius 2 is 0.867 bits per heavy atom. The summed E-state index contributed by atoms with van der Waals surface area (Å²) < 4.78 is 0. The maximum absolute atomic E-state index is 12.3. The normalized spacial score (nSPS) is 14.8. The van der Waals surface area contributed by atoms with Crippen LogP contribution in [0.2, 0.25) is 0 Å². The zero-order valence-corrected chi connectivity index (χ0v) is 17.1. The minimum absolute atomic E-state index is 0. The number of carbonyl (C=O) groups is 4. The van der Waals surface area contributed by atoms with Gasteiger partial charge in [-0.15, -0.1) is 12.4 Å². The van der Waals surface area contributed by atoms with Gasteiger partial charge in [0.15, 0.2) is 0 Å². The van der Waals surface area contributed by atoms with Crippen molar-refractivity contribution in [3.63, 3.8) is 0 Å². The summed E-state index contributed by atoms with van der Waals surface area (Å²) in [5.74, 6) is -0.958. The molecular weight excluding hydrogens is 406 g/mol. The number of amides is 4. The summed E-state index contributed by atoms with van der Waals surface area (Å²) in [5.41, 5.74) is 1.86. The third kappa shape index (κ3) is 3.86. The lowest BCUT2D eigenvalue weighted by Crippen LogP contribution is -2.34. The average molecular weight is 428 g/mol. The molecule has 1 N–H and O–H groups in total. The molecule has 2 aromatic carbocycles. The van der Waals surface area contributed by atoms with Crippen molar-refractivity contribution < 1.29 is 19.2 Å². The van der Waals surface area contributed by atoms with Crippen molar-refractivity contribution in [1.29, 1.82) is 0 Å². The number of benzene rings is 2. The number of halogens is 1. The highest BCUT2D eigenvalue weighted by Gasteiger charge is 2.35. The number of hydrogen-bond donors (Lipinski definition) is 1. The van der Waals surface area contributed by atoms with Crippen molar-refractivity contribution >= 4 is 36.0 Å². The van der Waals surface area contributed by atoms with Crippen LogP contribution in [-0.4, -0.2) is 59.6 Å². The molecule has 0 bridgehead atoms. The summed E-state index contributed by atoms with van der Waals surface area (Å²) in [6.45, 7) is 1.99. The lowest BCUT2D eigenvalue weighted by Gasteiger charge is -2.15. The molecule has 156 valence electrons. The third-order valence-corrected chi connectivity index (χ3v) is 5.23. The van der Waals surface area contributed by atoms with Crippen LogP contribution in [0.3, 0.4) is 0 Å². The van der Waals surface area contributed by atoms with Crippen LogP contribution in [0.1, 0.15) is 54.3 Å². The smallest absolute Gasteiger partial charge is 0.261 e. The van der Waals surface area contributed by atoms with Gasteiger partial charge in [-0.25, -0.2) is 0 Å². The maximum Gasteiger partial charge on any atom is 0.261 e. The first-order valence-electron chi connectivity index (χ1n) is 9.71. The first kappa shape index (κ1) is 21.7. The van der Waals surface area contributed by atoms with E-state index in [1.807, 2.05) is 0 Å². The molecule has 2 heterocycles. The van der Waals surface area contributed by atoms with Crippen molar-refractivity contribution in [3.05, 3.63) is 70.8 Å². The monoisotopic (exact) mass is 427 g/mol. The van der Waals surface area contributed by atoms with E-state index < -0.39 is 0 Å². The fraction of sp³-hybridized carbons (Fsp3) is 0.273. The molecule has 0 radical (unpaired) electrons. The van der Waals surface area contributed by atoms with Gasteiger partial charge in [-0.3, -0.25) is 29.0 Å². The van der Waals surface area contributed by atoms with E-state index in [0.717, 1.165) is 0 Å². The summed E-state index contributed by atoms with van der Waals surface area (Å²) in [6, 6.07) is 13.7. The summed E-state index contributed by atoms with van der Waals surface area (Å²) in [6.07, 6.45) is 1.27. The van der Waals surface area contributed by atoms with E-state index in [4.69, 9.17) is 0 Å². The van der Waals surface area contributed by atoms with Gasteiger partial charge in [-0.1, -0.05) is 24.3 Å². The van der Waals surface area contributed by atoms with Gasteiger partial charge < -0.3 is 5.32 Å². The number of fused-ring (bicyclic) bond motifs is 2. The van der Waals surface area contributed by atoms with E-state index in [0.29, 0.717) is 61.3 Å². The lowest BCUT2D eigenvalue weighted by molar-refractivity contribution is 0.0640. The Balaban J connectivity index is 0.00000256. The highest BCUT2D eigenvalue weighted by molar-refractivity contribution is 6.22. The molecule has 0 atom stereocenters. The Kier molecular flexibility index (Phi) is 6.64. The van der Waals surface area contributed by atoms with Crippen LogP contribution >= 0.6 is 12.4 Å². The standard InChI is InChI=1S/C22H21N3O4.ClH/c26-19-15-7-1-2-8-16(15)20(27)24(19)13-5-11-23-12-6-14-25-21(28)17-9-3-4-10-18(17)22(25)29;/h1-4,7-10,23H,5-6,11-14H2;1H. The molecule has 0 aromatic heterocycles. The van der Waals surface area contributed by atoms with Crippen LogP contribution < -0.4 is 5.32 Å². The molecule has 0 fully saturated rings. The molecule has 8 heteroatoms. The number of rotatable bonds is 8. The number of nitrogens with zero attached hydrogens (tertiary/aromatic N) is 2. The van der Waals surface area contributed by atoms with Crippen LogP contribution in [0.25, 0.3) is 0 Å². The Hall–Kier alpha value is -3.03. The summed E-state index contributed by atoms with van der Waals surface area (Å²) in [7, 11) is 0. The summed E-state index contributed by atoms with van der Waals surface area (Å²) >= 11 is 0. The average Bonchev–Trinajstić information content (AvgIpc) is 3.13. The van der Waals surface area contributed by atoms with E-state index in [2.05, 4.69) is 5.32 Å². The second-order valence-corrected chi connectivity index (χ2v) is 7.07. The molecule has 4 amide bonds. The van der Waals surface area contributed by atoms with Gasteiger partial charge in [-0.05, 0) is 50.2 Å². The van der Waals surface area contributed by atoms with Crippen molar-refractivity contribution in [3.8, 4) is 0 Å². The second kappa shape index (κ2) is 9.19. The molecule has 2 aliphatic heterocycles. The number of hydrogen-bond acceptors (Lipinski definition) is 5. The van der Waals surface area contributed by atoms with Gasteiger partial charge in [0.05, 0.1) is 22.3 Å². The van der Waals surface area contributed by atoms with Crippen LogP contribution in [0.4, 0.5) is 0 Å². The maximum atomic E-state index is 12.3. The van der Waals surface area contributed by atoms with Crippen molar-refractivity contribution in [2.45, 2.75) is 12.8 Å². The minimum Gasteiger partial charge on any atom is -0.317 e. The van der Waals surface area contributed by atoms with Gasteiger partial charge >= 0.3 is 0 Å². The Bertz CT molecular complexity index is 858. The predicted molar refractivity (Wildman–Crippen MR) is 113 cm³/mol. The van der Waals surface area contributed by atoms with E-state index in [1.54, 1.807) is 48.5 Å². The van der Waals surface area contributed by atoms with E-state index >= 15 is 0 Å². The van der Waals surface area contributed by atoms with E-state index in [1.165, 1.54) is 9.80 Å². The molecule has 2 aliphatic rings. The summed E-state index contributed by atoms with van der Waals surface area (Å²) in [4.78, 5) is 51.7. The molecule has 0 saturated carbocycles. The highest BCUT2D eigenvalue weighted by Crippen LogP contribution is 2.23. The van der Waals surface area contributed by atoms with Crippen molar-refractivity contribution in [2.24, 2.45) is 0 Å². The Labute approximate surface area is 180 Å². The van der Waals surface area contributed by atoms with Gasteiger partial charge in [-0.2, -0.15) is 0 Å². The topological polar surface area (TPSA) is 86.8 Å². The largest absolute Gasteiger partial charge is 0.317 e. The van der Waals surface area contributed by atoms with Gasteiger partial charge in [0.2, 0.25) is 0 Å². The van der Waals surface area contributed by atoms with Gasteiger partial charge in [0.1, 0.15) is 0 Å². The highest BCUT2D eigenvalue weighted by atomic mass is 35.5. The molecule has 0 unspecified atom stereocenters. The molecule has 30 heavy (non-hydrogen) atoms.